The van der Waals surface area contributed by atoms with Crippen molar-refractivity contribution in [3.63, 3.8) is 0 Å². The molecule has 1 N–H and O–H groups in total. The van der Waals surface area contributed by atoms with Gasteiger partial charge in [-0.25, -0.2) is 4.79 Å². The SMILES string of the molecule is CCn1c(S/C(=C\c2ccc(Br)o2)C(=O)O)nnc1-c1cc(OC)cc(OC)c1. The molecular weight excluding hydrogens is 462 g/mol. The van der Waals surface area contributed by atoms with Gasteiger partial charge >= 0.3 is 5.97 Å². The van der Waals surface area contributed by atoms with Crippen molar-refractivity contribution in [2.45, 2.75) is 18.6 Å². The number of benzene rings is 1. The fourth-order valence-electron chi connectivity index (χ4n) is 2.57. The van der Waals surface area contributed by atoms with E-state index < -0.39 is 5.97 Å². The van der Waals surface area contributed by atoms with Crippen LogP contribution in [0.25, 0.3) is 17.5 Å². The van der Waals surface area contributed by atoms with Gasteiger partial charge in [-0.05, 0) is 58.9 Å². The molecule has 0 bridgehead atoms. The Balaban J connectivity index is 1.99. The molecule has 0 atom stereocenters. The zero-order valence-electron chi connectivity index (χ0n) is 15.9. The van der Waals surface area contributed by atoms with Crippen molar-refractivity contribution in [3.8, 4) is 22.9 Å². The van der Waals surface area contributed by atoms with E-state index in [9.17, 15) is 9.90 Å². The smallest absolute Gasteiger partial charge is 0.342 e. The monoisotopic (exact) mass is 479 g/mol. The van der Waals surface area contributed by atoms with E-state index in [1.54, 1.807) is 32.4 Å². The van der Waals surface area contributed by atoms with Crippen LogP contribution in [-0.4, -0.2) is 40.1 Å². The minimum absolute atomic E-state index is 0.0590. The molecule has 0 unspecified atom stereocenters. The molecule has 29 heavy (non-hydrogen) atoms. The van der Waals surface area contributed by atoms with E-state index in [2.05, 4.69) is 26.1 Å². The van der Waals surface area contributed by atoms with Gasteiger partial charge in [0.1, 0.15) is 22.2 Å². The van der Waals surface area contributed by atoms with E-state index >= 15 is 0 Å². The van der Waals surface area contributed by atoms with Crippen molar-refractivity contribution in [1.82, 2.24) is 14.8 Å². The number of furan rings is 1. The summed E-state index contributed by atoms with van der Waals surface area (Å²) in [5.41, 5.74) is 0.748. The molecule has 0 radical (unpaired) electrons. The van der Waals surface area contributed by atoms with Crippen LogP contribution in [0.2, 0.25) is 0 Å². The number of carboxylic acids is 1. The Hall–Kier alpha value is -2.72. The van der Waals surface area contributed by atoms with Crippen LogP contribution in [0, 0.1) is 0 Å². The maximum atomic E-state index is 11.7. The van der Waals surface area contributed by atoms with Gasteiger partial charge < -0.3 is 23.6 Å². The van der Waals surface area contributed by atoms with Crippen molar-refractivity contribution >= 4 is 39.7 Å². The van der Waals surface area contributed by atoms with Crippen LogP contribution >= 0.6 is 27.7 Å². The molecule has 3 aromatic rings. The number of nitrogens with zero attached hydrogens (tertiary/aromatic N) is 3. The first kappa shape index (κ1) is 21.0. The minimum Gasteiger partial charge on any atom is -0.497 e. The van der Waals surface area contributed by atoms with Gasteiger partial charge in [0.05, 0.1) is 14.2 Å². The van der Waals surface area contributed by atoms with Gasteiger partial charge in [0.2, 0.25) is 0 Å². The standard InChI is InChI=1S/C19H18BrN3O5S/c1-4-23-17(11-7-13(26-2)9-14(8-11)27-3)21-22-19(23)29-15(18(24)25)10-12-5-6-16(20)28-12/h5-10H,4H2,1-3H3,(H,24,25)/b15-10-. The molecule has 1 aromatic carbocycles. The highest BCUT2D eigenvalue weighted by Crippen LogP contribution is 2.33. The Labute approximate surface area is 179 Å². The summed E-state index contributed by atoms with van der Waals surface area (Å²) in [6, 6.07) is 8.77. The number of hydrogen-bond donors (Lipinski definition) is 1. The number of hydrogen-bond acceptors (Lipinski definition) is 7. The van der Waals surface area contributed by atoms with Crippen LogP contribution < -0.4 is 9.47 Å². The summed E-state index contributed by atoms with van der Waals surface area (Å²) in [6.45, 7) is 2.48. The number of aromatic nitrogens is 3. The van der Waals surface area contributed by atoms with E-state index in [-0.39, 0.29) is 4.91 Å². The molecule has 8 nitrogen and oxygen atoms in total. The van der Waals surface area contributed by atoms with Crippen molar-refractivity contribution in [2.24, 2.45) is 0 Å². The van der Waals surface area contributed by atoms with Gasteiger partial charge in [-0.2, -0.15) is 0 Å². The Bertz CT molecular complexity index is 1040. The highest BCUT2D eigenvalue weighted by molar-refractivity contribution is 9.10. The molecule has 0 aliphatic carbocycles. The summed E-state index contributed by atoms with van der Waals surface area (Å²) in [4.78, 5) is 11.8. The minimum atomic E-state index is -1.09. The second-order valence-electron chi connectivity index (χ2n) is 5.71. The van der Waals surface area contributed by atoms with Gasteiger partial charge in [0.25, 0.3) is 0 Å². The topological polar surface area (TPSA) is 99.6 Å². The average Bonchev–Trinajstić information content (AvgIpc) is 3.32. The third-order valence-electron chi connectivity index (χ3n) is 3.92. The maximum Gasteiger partial charge on any atom is 0.342 e. The Morgan fingerprint density at radius 3 is 2.45 bits per heavy atom. The fourth-order valence-corrected chi connectivity index (χ4v) is 3.75. The lowest BCUT2D eigenvalue weighted by Gasteiger charge is -2.10. The van der Waals surface area contributed by atoms with E-state index in [1.165, 1.54) is 6.08 Å². The molecule has 0 amide bonds. The zero-order valence-corrected chi connectivity index (χ0v) is 18.3. The van der Waals surface area contributed by atoms with Crippen LogP contribution in [0.15, 0.2) is 49.5 Å². The predicted molar refractivity (Wildman–Crippen MR) is 112 cm³/mol. The van der Waals surface area contributed by atoms with Gasteiger partial charge in [-0.1, -0.05) is 0 Å². The molecule has 10 heteroatoms. The van der Waals surface area contributed by atoms with Crippen molar-refractivity contribution < 1.29 is 23.8 Å². The van der Waals surface area contributed by atoms with Crippen molar-refractivity contribution in [1.29, 1.82) is 0 Å². The van der Waals surface area contributed by atoms with E-state index in [1.807, 2.05) is 23.6 Å². The zero-order chi connectivity index (χ0) is 21.0. The van der Waals surface area contributed by atoms with Gasteiger partial charge in [0, 0.05) is 24.3 Å². The third kappa shape index (κ3) is 4.83. The lowest BCUT2D eigenvalue weighted by Crippen LogP contribution is -2.03. The fraction of sp³-hybridized carbons (Fsp3) is 0.211. The number of thioether (sulfide) groups is 1. The first-order chi connectivity index (χ1) is 13.9. The largest absolute Gasteiger partial charge is 0.497 e. The van der Waals surface area contributed by atoms with Crippen LogP contribution in [0.3, 0.4) is 0 Å². The summed E-state index contributed by atoms with van der Waals surface area (Å²) in [5, 5.41) is 18.5. The molecule has 152 valence electrons. The molecule has 0 saturated carbocycles. The van der Waals surface area contributed by atoms with Crippen molar-refractivity contribution in [3.05, 3.63) is 45.7 Å². The summed E-state index contributed by atoms with van der Waals surface area (Å²) in [6.07, 6.45) is 1.45. The van der Waals surface area contributed by atoms with E-state index in [4.69, 9.17) is 13.9 Å². The number of carbonyl (C=O) groups is 1. The number of halogens is 1. The first-order valence-electron chi connectivity index (χ1n) is 8.50. The number of methoxy groups -OCH3 is 2. The second-order valence-corrected chi connectivity index (χ2v) is 7.50. The molecular formula is C19H18BrN3O5S. The van der Waals surface area contributed by atoms with Crippen molar-refractivity contribution in [2.75, 3.05) is 14.2 Å². The van der Waals surface area contributed by atoms with Crippen LogP contribution in [0.4, 0.5) is 0 Å². The molecule has 0 spiro atoms. The number of rotatable bonds is 8. The predicted octanol–water partition coefficient (Wildman–Crippen LogP) is 4.56. The van der Waals surface area contributed by atoms with Gasteiger partial charge in [0.15, 0.2) is 15.7 Å². The van der Waals surface area contributed by atoms with Gasteiger partial charge in [-0.3, -0.25) is 0 Å². The summed E-state index contributed by atoms with van der Waals surface area (Å²) < 4.78 is 18.4. The van der Waals surface area contributed by atoms with E-state index in [0.29, 0.717) is 39.5 Å². The molecule has 2 aromatic heterocycles. The summed E-state index contributed by atoms with van der Waals surface area (Å²) in [7, 11) is 3.14. The Kier molecular flexibility index (Phi) is 6.65. The van der Waals surface area contributed by atoms with Gasteiger partial charge in [-0.15, -0.1) is 10.2 Å². The van der Waals surface area contributed by atoms with Crippen LogP contribution in [0.5, 0.6) is 11.5 Å². The number of ether oxygens (including phenoxy) is 2. The summed E-state index contributed by atoms with van der Waals surface area (Å²) >= 11 is 4.20. The summed E-state index contributed by atoms with van der Waals surface area (Å²) in [5.74, 6) is 1.15. The quantitative estimate of drug-likeness (QED) is 0.370. The number of aliphatic carboxylic acids is 1. The molecule has 0 aliphatic heterocycles. The molecule has 3 rings (SSSR count). The second kappa shape index (κ2) is 9.19. The molecule has 0 aliphatic rings. The highest BCUT2D eigenvalue weighted by Gasteiger charge is 2.19. The molecule has 0 fully saturated rings. The highest BCUT2D eigenvalue weighted by atomic mass is 79.9. The Morgan fingerprint density at radius 1 is 1.24 bits per heavy atom. The maximum absolute atomic E-state index is 11.7. The molecule has 0 saturated heterocycles. The van der Waals surface area contributed by atoms with E-state index in [0.717, 1.165) is 17.3 Å². The normalized spacial score (nSPS) is 11.5. The lowest BCUT2D eigenvalue weighted by molar-refractivity contribution is -0.131. The average molecular weight is 480 g/mol. The van der Waals surface area contributed by atoms with Crippen LogP contribution in [-0.2, 0) is 11.3 Å². The lowest BCUT2D eigenvalue weighted by atomic mass is 10.2. The number of carboxylic acid groups (broad SMARTS) is 1. The molecule has 2 heterocycles. The van der Waals surface area contributed by atoms with Crippen LogP contribution in [0.1, 0.15) is 12.7 Å². The first-order valence-corrected chi connectivity index (χ1v) is 10.1. The third-order valence-corrected chi connectivity index (χ3v) is 5.35. The Morgan fingerprint density at radius 2 is 1.93 bits per heavy atom.